The summed E-state index contributed by atoms with van der Waals surface area (Å²) in [5, 5.41) is 12.0. The van der Waals surface area contributed by atoms with Gasteiger partial charge in [0.15, 0.2) is 0 Å². The first-order chi connectivity index (χ1) is 10.7. The van der Waals surface area contributed by atoms with Gasteiger partial charge < -0.3 is 5.32 Å². The van der Waals surface area contributed by atoms with Crippen LogP contribution < -0.4 is 10.6 Å². The first-order valence-corrected chi connectivity index (χ1v) is 7.15. The number of carbonyl (C=O) groups excluding carboxylic acids is 2. The number of halogens is 4. The molecule has 0 atom stereocenters. The Morgan fingerprint density at radius 1 is 1.17 bits per heavy atom. The van der Waals surface area contributed by atoms with Crippen LogP contribution in [0.3, 0.4) is 0 Å². The maximum atomic E-state index is 12.6. The van der Waals surface area contributed by atoms with E-state index in [0.717, 1.165) is 23.5 Å². The zero-order chi connectivity index (χ0) is 17.2. The second-order valence-electron chi connectivity index (χ2n) is 4.23. The normalized spacial score (nSPS) is 11.2. The van der Waals surface area contributed by atoms with Crippen LogP contribution in [0, 0.1) is 6.92 Å². The fraction of sp³-hybridized carbons (Fsp3) is 0.167. The van der Waals surface area contributed by atoms with Crippen LogP contribution in [0.1, 0.15) is 10.6 Å². The lowest BCUT2D eigenvalue weighted by atomic mass is 10.2. The number of hydrogen-bond donors (Lipinski definition) is 2. The number of aryl methyl sites for hydroxylation is 1. The van der Waals surface area contributed by atoms with Gasteiger partial charge in [0.05, 0.1) is 16.3 Å². The van der Waals surface area contributed by atoms with Crippen LogP contribution in [-0.2, 0) is 15.8 Å². The molecular formula is C12H8ClF3N4O2S. The SMILES string of the molecule is Cc1nnc(NC(=O)C(=O)Nc2cc(C(F)(F)F)ccc2Cl)s1. The summed E-state index contributed by atoms with van der Waals surface area (Å²) in [6, 6.07) is 2.39. The molecule has 0 aliphatic heterocycles. The number of anilines is 2. The summed E-state index contributed by atoms with van der Waals surface area (Å²) < 4.78 is 37.9. The average Bonchev–Trinajstić information content (AvgIpc) is 2.85. The van der Waals surface area contributed by atoms with Crippen LogP contribution in [0.15, 0.2) is 18.2 Å². The van der Waals surface area contributed by atoms with Crippen LogP contribution in [0.2, 0.25) is 5.02 Å². The molecule has 0 spiro atoms. The Morgan fingerprint density at radius 2 is 1.83 bits per heavy atom. The third-order valence-corrected chi connectivity index (χ3v) is 3.58. The fourth-order valence-corrected chi connectivity index (χ4v) is 2.23. The van der Waals surface area contributed by atoms with E-state index in [1.807, 2.05) is 5.32 Å². The molecule has 0 aliphatic carbocycles. The van der Waals surface area contributed by atoms with E-state index in [9.17, 15) is 22.8 Å². The molecule has 2 rings (SSSR count). The number of alkyl halides is 3. The van der Waals surface area contributed by atoms with E-state index in [2.05, 4.69) is 15.5 Å². The van der Waals surface area contributed by atoms with Gasteiger partial charge in [-0.15, -0.1) is 10.2 Å². The maximum absolute atomic E-state index is 12.6. The molecule has 2 amide bonds. The fourth-order valence-electron chi connectivity index (χ4n) is 1.48. The molecule has 0 aliphatic rings. The van der Waals surface area contributed by atoms with Crippen LogP contribution in [-0.4, -0.2) is 22.0 Å². The lowest BCUT2D eigenvalue weighted by Crippen LogP contribution is -2.29. The van der Waals surface area contributed by atoms with Gasteiger partial charge in [0.1, 0.15) is 5.01 Å². The average molecular weight is 365 g/mol. The van der Waals surface area contributed by atoms with E-state index in [0.29, 0.717) is 11.1 Å². The van der Waals surface area contributed by atoms with Gasteiger partial charge in [-0.2, -0.15) is 13.2 Å². The predicted molar refractivity (Wildman–Crippen MR) is 78.4 cm³/mol. The quantitative estimate of drug-likeness (QED) is 0.802. The van der Waals surface area contributed by atoms with Crippen molar-refractivity contribution < 1.29 is 22.8 Å². The maximum Gasteiger partial charge on any atom is 0.416 e. The van der Waals surface area contributed by atoms with Crippen molar-refractivity contribution in [2.24, 2.45) is 0 Å². The van der Waals surface area contributed by atoms with E-state index < -0.39 is 23.6 Å². The van der Waals surface area contributed by atoms with Gasteiger partial charge in [-0.1, -0.05) is 22.9 Å². The number of benzene rings is 1. The monoisotopic (exact) mass is 364 g/mol. The van der Waals surface area contributed by atoms with Crippen LogP contribution >= 0.6 is 22.9 Å². The van der Waals surface area contributed by atoms with Crippen molar-refractivity contribution in [3.8, 4) is 0 Å². The Bertz CT molecular complexity index is 763. The van der Waals surface area contributed by atoms with Crippen molar-refractivity contribution in [3.63, 3.8) is 0 Å². The number of nitrogens with one attached hydrogen (secondary N) is 2. The molecule has 1 heterocycles. The summed E-state index contributed by atoms with van der Waals surface area (Å²) in [6.45, 7) is 1.65. The molecule has 0 unspecified atom stereocenters. The largest absolute Gasteiger partial charge is 0.416 e. The molecule has 2 N–H and O–H groups in total. The van der Waals surface area contributed by atoms with Crippen molar-refractivity contribution in [2.45, 2.75) is 13.1 Å². The third kappa shape index (κ3) is 4.39. The Hall–Kier alpha value is -2.20. The second kappa shape index (κ2) is 6.50. The highest BCUT2D eigenvalue weighted by Crippen LogP contribution is 2.33. The minimum Gasteiger partial charge on any atom is -0.316 e. The summed E-state index contributed by atoms with van der Waals surface area (Å²) in [4.78, 5) is 23.4. The van der Waals surface area contributed by atoms with E-state index >= 15 is 0 Å². The highest BCUT2D eigenvalue weighted by molar-refractivity contribution is 7.15. The van der Waals surface area contributed by atoms with Gasteiger partial charge in [0.2, 0.25) is 5.13 Å². The molecule has 122 valence electrons. The van der Waals surface area contributed by atoms with Crippen LogP contribution in [0.4, 0.5) is 24.0 Å². The van der Waals surface area contributed by atoms with Crippen molar-refractivity contribution in [1.29, 1.82) is 0 Å². The summed E-state index contributed by atoms with van der Waals surface area (Å²) in [5.41, 5.74) is -1.33. The molecule has 6 nitrogen and oxygen atoms in total. The molecular weight excluding hydrogens is 357 g/mol. The molecule has 0 saturated heterocycles. The number of carbonyl (C=O) groups is 2. The molecule has 11 heteroatoms. The number of aromatic nitrogens is 2. The first-order valence-electron chi connectivity index (χ1n) is 5.96. The van der Waals surface area contributed by atoms with E-state index in [-0.39, 0.29) is 15.8 Å². The summed E-state index contributed by atoms with van der Waals surface area (Å²) in [5.74, 6) is -2.28. The van der Waals surface area contributed by atoms with Crippen molar-refractivity contribution in [3.05, 3.63) is 33.8 Å². The lowest BCUT2D eigenvalue weighted by Gasteiger charge is -2.11. The second-order valence-corrected chi connectivity index (χ2v) is 5.82. The van der Waals surface area contributed by atoms with Gasteiger partial charge in [-0.05, 0) is 25.1 Å². The summed E-state index contributed by atoms with van der Waals surface area (Å²) >= 11 is 6.76. The molecule has 23 heavy (non-hydrogen) atoms. The highest BCUT2D eigenvalue weighted by atomic mass is 35.5. The zero-order valence-corrected chi connectivity index (χ0v) is 12.9. The molecule has 0 fully saturated rings. The van der Waals surface area contributed by atoms with Gasteiger partial charge in [0.25, 0.3) is 0 Å². The molecule has 1 aromatic heterocycles. The molecule has 0 saturated carbocycles. The van der Waals surface area contributed by atoms with E-state index in [1.165, 1.54) is 0 Å². The van der Waals surface area contributed by atoms with Crippen molar-refractivity contribution in [2.75, 3.05) is 10.6 Å². The number of amides is 2. The number of hydrogen-bond acceptors (Lipinski definition) is 5. The number of rotatable bonds is 2. The van der Waals surface area contributed by atoms with Gasteiger partial charge in [0, 0.05) is 0 Å². The van der Waals surface area contributed by atoms with E-state index in [1.54, 1.807) is 6.92 Å². The molecule has 0 radical (unpaired) electrons. The minimum absolute atomic E-state index is 0.0952. The summed E-state index contributed by atoms with van der Waals surface area (Å²) in [7, 11) is 0. The van der Waals surface area contributed by atoms with Gasteiger partial charge >= 0.3 is 18.0 Å². The van der Waals surface area contributed by atoms with Gasteiger partial charge in [-0.3, -0.25) is 14.9 Å². The van der Waals surface area contributed by atoms with E-state index in [4.69, 9.17) is 11.6 Å². The van der Waals surface area contributed by atoms with Gasteiger partial charge in [-0.25, -0.2) is 0 Å². The number of nitrogens with zero attached hydrogens (tertiary/aromatic N) is 2. The van der Waals surface area contributed by atoms with Crippen LogP contribution in [0.5, 0.6) is 0 Å². The zero-order valence-electron chi connectivity index (χ0n) is 11.4. The Labute approximate surface area is 136 Å². The van der Waals surface area contributed by atoms with Crippen LogP contribution in [0.25, 0.3) is 0 Å². The molecule has 1 aromatic carbocycles. The smallest absolute Gasteiger partial charge is 0.316 e. The lowest BCUT2D eigenvalue weighted by molar-refractivity contribution is -0.137. The standard InChI is InChI=1S/C12H8ClF3N4O2S/c1-5-19-20-11(23-5)18-10(22)9(21)17-8-4-6(12(14,15)16)2-3-7(8)13/h2-4H,1H3,(H,17,21)(H,18,20,22). The van der Waals surface area contributed by atoms with Crippen molar-refractivity contribution >= 4 is 45.6 Å². The Morgan fingerprint density at radius 3 is 2.39 bits per heavy atom. The molecule has 0 bridgehead atoms. The Kier molecular flexibility index (Phi) is 4.85. The molecule has 2 aromatic rings. The highest BCUT2D eigenvalue weighted by Gasteiger charge is 2.31. The first kappa shape index (κ1) is 17.2. The minimum atomic E-state index is -4.60. The Balaban J connectivity index is 2.11. The third-order valence-electron chi connectivity index (χ3n) is 2.49. The summed E-state index contributed by atoms with van der Waals surface area (Å²) in [6.07, 6.45) is -4.60. The topological polar surface area (TPSA) is 84.0 Å². The predicted octanol–water partition coefficient (Wildman–Crippen LogP) is 3.10. The van der Waals surface area contributed by atoms with Crippen molar-refractivity contribution in [1.82, 2.24) is 10.2 Å².